The lowest BCUT2D eigenvalue weighted by Gasteiger charge is -2.46. The molecule has 31 heavy (non-hydrogen) atoms. The Morgan fingerprint density at radius 3 is 2.32 bits per heavy atom. The topological polar surface area (TPSA) is 99.8 Å². The highest BCUT2D eigenvalue weighted by atomic mass is 16.5. The van der Waals surface area contributed by atoms with Gasteiger partial charge in [0, 0.05) is 23.7 Å². The van der Waals surface area contributed by atoms with Crippen LogP contribution < -0.4 is 20.7 Å². The number of carbonyl (C=O) groups is 3. The molecule has 2 heterocycles. The molecule has 0 unspecified atom stereocenters. The Hall–Kier alpha value is -2.61. The molecule has 4 amide bonds. The fraction of sp³-hybridized carbons (Fsp3) is 0.609. The van der Waals surface area contributed by atoms with Gasteiger partial charge in [-0.25, -0.2) is 4.79 Å². The van der Waals surface area contributed by atoms with Crippen LogP contribution in [0.15, 0.2) is 24.3 Å². The lowest BCUT2D eigenvalue weighted by Crippen LogP contribution is -2.62. The number of carbonyl (C=O) groups excluding carboxylic acids is 3. The second-order valence-electron chi connectivity index (χ2n) is 9.86. The predicted molar refractivity (Wildman–Crippen MR) is 118 cm³/mol. The number of amides is 4. The molecule has 2 aliphatic heterocycles. The van der Waals surface area contributed by atoms with Gasteiger partial charge in [-0.15, -0.1) is 0 Å². The van der Waals surface area contributed by atoms with Crippen molar-refractivity contribution in [3.8, 4) is 5.75 Å². The number of hydrogen-bond acceptors (Lipinski definition) is 5. The van der Waals surface area contributed by atoms with Crippen LogP contribution in [0.3, 0.4) is 0 Å². The standard InChI is InChI=1S/C23H34N4O4/c1-22(2)13-16(14-23(3,4)26-22)24-19(28)12-18-20(29)27(21(30)25-18)11-10-15-6-8-17(31-5)9-7-15/h6-9,16,18,26H,10-14H2,1-5H3,(H,24,28)(H,25,30)/t18-/m1/s1. The summed E-state index contributed by atoms with van der Waals surface area (Å²) in [5.74, 6) is 0.194. The Morgan fingerprint density at radius 2 is 1.74 bits per heavy atom. The highest BCUT2D eigenvalue weighted by Crippen LogP contribution is 2.28. The van der Waals surface area contributed by atoms with E-state index in [9.17, 15) is 14.4 Å². The molecule has 0 bridgehead atoms. The van der Waals surface area contributed by atoms with Crippen LogP contribution in [0.2, 0.25) is 0 Å². The lowest BCUT2D eigenvalue weighted by molar-refractivity contribution is -0.131. The number of urea groups is 1. The zero-order chi connectivity index (χ0) is 22.8. The maximum atomic E-state index is 12.7. The number of rotatable bonds is 7. The molecule has 1 atom stereocenters. The van der Waals surface area contributed by atoms with E-state index in [1.54, 1.807) is 7.11 Å². The monoisotopic (exact) mass is 430 g/mol. The van der Waals surface area contributed by atoms with Gasteiger partial charge in [-0.1, -0.05) is 12.1 Å². The highest BCUT2D eigenvalue weighted by Gasteiger charge is 2.41. The number of imide groups is 1. The van der Waals surface area contributed by atoms with E-state index in [1.165, 1.54) is 4.90 Å². The van der Waals surface area contributed by atoms with Crippen LogP contribution in [0.5, 0.6) is 5.75 Å². The fourth-order valence-corrected chi connectivity index (χ4v) is 4.86. The zero-order valence-corrected chi connectivity index (χ0v) is 19.1. The van der Waals surface area contributed by atoms with Crippen molar-refractivity contribution < 1.29 is 19.1 Å². The van der Waals surface area contributed by atoms with Gasteiger partial charge in [-0.2, -0.15) is 0 Å². The summed E-state index contributed by atoms with van der Waals surface area (Å²) in [6, 6.07) is 6.27. The summed E-state index contributed by atoms with van der Waals surface area (Å²) in [6.07, 6.45) is 2.11. The first-order chi connectivity index (χ1) is 14.5. The summed E-state index contributed by atoms with van der Waals surface area (Å²) in [5, 5.41) is 9.30. The molecular weight excluding hydrogens is 396 g/mol. The van der Waals surface area contributed by atoms with Crippen molar-refractivity contribution in [1.82, 2.24) is 20.9 Å². The number of nitrogens with zero attached hydrogens (tertiary/aromatic N) is 1. The van der Waals surface area contributed by atoms with Gasteiger partial charge in [0.15, 0.2) is 0 Å². The van der Waals surface area contributed by atoms with Crippen LogP contribution in [0.25, 0.3) is 0 Å². The fourth-order valence-electron chi connectivity index (χ4n) is 4.86. The SMILES string of the molecule is COc1ccc(CCN2C(=O)N[C@H](CC(=O)NC3CC(C)(C)NC(C)(C)C3)C2=O)cc1. The first kappa shape index (κ1) is 23.1. The van der Waals surface area contributed by atoms with Crippen LogP contribution >= 0.6 is 0 Å². The molecule has 8 heteroatoms. The Kier molecular flexibility index (Phi) is 6.59. The molecule has 3 N–H and O–H groups in total. The molecule has 2 aliphatic rings. The Bertz CT molecular complexity index is 818. The molecule has 3 rings (SSSR count). The third-order valence-corrected chi connectivity index (χ3v) is 5.83. The minimum absolute atomic E-state index is 0.0251. The largest absolute Gasteiger partial charge is 0.497 e. The zero-order valence-electron chi connectivity index (χ0n) is 19.1. The Labute approximate surface area is 184 Å². The van der Waals surface area contributed by atoms with E-state index in [0.29, 0.717) is 6.42 Å². The first-order valence-corrected chi connectivity index (χ1v) is 10.8. The van der Waals surface area contributed by atoms with E-state index in [1.807, 2.05) is 24.3 Å². The number of benzene rings is 1. The average Bonchev–Trinajstić information content (AvgIpc) is 2.90. The first-order valence-electron chi connectivity index (χ1n) is 10.8. The number of ether oxygens (including phenoxy) is 1. The molecule has 0 radical (unpaired) electrons. The van der Waals surface area contributed by atoms with Crippen molar-refractivity contribution >= 4 is 17.8 Å². The normalized spacial score (nSPS) is 22.9. The highest BCUT2D eigenvalue weighted by molar-refractivity contribution is 6.05. The van der Waals surface area contributed by atoms with Gasteiger partial charge in [-0.05, 0) is 64.7 Å². The molecule has 0 aliphatic carbocycles. The predicted octanol–water partition coefficient (Wildman–Crippen LogP) is 1.97. The van der Waals surface area contributed by atoms with Crippen LogP contribution in [0, 0.1) is 0 Å². The maximum Gasteiger partial charge on any atom is 0.324 e. The van der Waals surface area contributed by atoms with Gasteiger partial charge >= 0.3 is 6.03 Å². The van der Waals surface area contributed by atoms with Gasteiger partial charge in [0.25, 0.3) is 5.91 Å². The molecule has 2 saturated heterocycles. The number of methoxy groups -OCH3 is 1. The van der Waals surface area contributed by atoms with Gasteiger partial charge in [0.1, 0.15) is 11.8 Å². The summed E-state index contributed by atoms with van der Waals surface area (Å²) in [7, 11) is 1.60. The Balaban J connectivity index is 1.52. The second-order valence-corrected chi connectivity index (χ2v) is 9.86. The van der Waals surface area contributed by atoms with Gasteiger partial charge in [0.05, 0.1) is 13.5 Å². The number of piperidine rings is 1. The average molecular weight is 431 g/mol. The molecule has 1 aromatic carbocycles. The molecule has 2 fully saturated rings. The van der Waals surface area contributed by atoms with Crippen molar-refractivity contribution in [2.45, 2.75) is 76.5 Å². The van der Waals surface area contributed by atoms with E-state index < -0.39 is 12.1 Å². The van der Waals surface area contributed by atoms with Crippen LogP contribution in [-0.2, 0) is 16.0 Å². The Morgan fingerprint density at radius 1 is 1.13 bits per heavy atom. The second kappa shape index (κ2) is 8.86. The molecule has 8 nitrogen and oxygen atoms in total. The van der Waals surface area contributed by atoms with Crippen LogP contribution in [-0.4, -0.2) is 59.6 Å². The molecule has 0 spiro atoms. The smallest absolute Gasteiger partial charge is 0.324 e. The van der Waals surface area contributed by atoms with Gasteiger partial charge in [0.2, 0.25) is 5.91 Å². The van der Waals surface area contributed by atoms with Gasteiger partial charge in [-0.3, -0.25) is 14.5 Å². The third kappa shape index (κ3) is 5.97. The van der Waals surface area contributed by atoms with E-state index in [4.69, 9.17) is 4.74 Å². The van der Waals surface area contributed by atoms with Crippen molar-refractivity contribution in [2.24, 2.45) is 0 Å². The molecule has 170 valence electrons. The molecule has 1 aromatic rings. The van der Waals surface area contributed by atoms with Crippen LogP contribution in [0.4, 0.5) is 4.79 Å². The van der Waals surface area contributed by atoms with E-state index in [2.05, 4.69) is 43.6 Å². The number of nitrogens with one attached hydrogen (secondary N) is 3. The van der Waals surface area contributed by atoms with E-state index >= 15 is 0 Å². The minimum Gasteiger partial charge on any atom is -0.497 e. The quantitative estimate of drug-likeness (QED) is 0.575. The maximum absolute atomic E-state index is 12.7. The van der Waals surface area contributed by atoms with Crippen LogP contribution in [0.1, 0.15) is 52.5 Å². The summed E-state index contributed by atoms with van der Waals surface area (Å²) < 4.78 is 5.14. The number of hydrogen-bond donors (Lipinski definition) is 3. The van der Waals surface area contributed by atoms with Crippen molar-refractivity contribution in [1.29, 1.82) is 0 Å². The summed E-state index contributed by atoms with van der Waals surface area (Å²) in [6.45, 7) is 8.75. The minimum atomic E-state index is -0.814. The molecule has 0 saturated carbocycles. The molecular formula is C23H34N4O4. The lowest BCUT2D eigenvalue weighted by atomic mass is 9.79. The van der Waals surface area contributed by atoms with Crippen molar-refractivity contribution in [3.63, 3.8) is 0 Å². The summed E-state index contributed by atoms with van der Waals surface area (Å²) in [5.41, 5.74) is 0.823. The molecule has 0 aromatic heterocycles. The summed E-state index contributed by atoms with van der Waals surface area (Å²) >= 11 is 0. The summed E-state index contributed by atoms with van der Waals surface area (Å²) in [4.78, 5) is 38.8. The third-order valence-electron chi connectivity index (χ3n) is 5.83. The van der Waals surface area contributed by atoms with E-state index in [0.717, 1.165) is 24.2 Å². The van der Waals surface area contributed by atoms with E-state index in [-0.39, 0.29) is 41.9 Å². The van der Waals surface area contributed by atoms with Crippen molar-refractivity contribution in [2.75, 3.05) is 13.7 Å². The van der Waals surface area contributed by atoms with Crippen molar-refractivity contribution in [3.05, 3.63) is 29.8 Å². The van der Waals surface area contributed by atoms with Gasteiger partial charge < -0.3 is 20.7 Å².